The smallest absolute Gasteiger partial charge is 0.227 e. The van der Waals surface area contributed by atoms with Crippen LogP contribution in [0.5, 0.6) is 5.75 Å². The number of nitrogens with zero attached hydrogens (tertiary/aromatic N) is 2. The number of anilines is 1. The number of thioether (sulfide) groups is 1. The zero-order valence-electron chi connectivity index (χ0n) is 13.0. The number of fused-ring (bicyclic) bond motifs is 1. The van der Waals surface area contributed by atoms with Crippen LogP contribution in [0.4, 0.5) is 9.52 Å². The third kappa shape index (κ3) is 3.60. The number of hydrogen-bond donors (Lipinski definition) is 1. The van der Waals surface area contributed by atoms with Crippen molar-refractivity contribution in [1.29, 1.82) is 0 Å². The highest BCUT2D eigenvalue weighted by molar-refractivity contribution is 8.00. The number of nitrogen functional groups attached to an aromatic ring is 1. The van der Waals surface area contributed by atoms with Crippen molar-refractivity contribution < 1.29 is 13.9 Å². The molecule has 0 amide bonds. The van der Waals surface area contributed by atoms with Crippen molar-refractivity contribution in [3.8, 4) is 5.75 Å². The Morgan fingerprint density at radius 1 is 1.24 bits per heavy atom. The molecule has 8 heteroatoms. The molecule has 25 heavy (non-hydrogen) atoms. The Morgan fingerprint density at radius 2 is 2.08 bits per heavy atom. The Hall–Kier alpha value is -2.16. The molecule has 2 heterocycles. The summed E-state index contributed by atoms with van der Waals surface area (Å²) < 4.78 is 26.4. The average Bonchev–Trinajstić information content (AvgIpc) is 3.05. The van der Waals surface area contributed by atoms with Gasteiger partial charge in [-0.2, -0.15) is 0 Å². The lowest BCUT2D eigenvalue weighted by Crippen LogP contribution is -2.19. The zero-order valence-corrected chi connectivity index (χ0v) is 14.6. The third-order valence-corrected chi connectivity index (χ3v) is 5.60. The summed E-state index contributed by atoms with van der Waals surface area (Å²) in [7, 11) is 0. The fourth-order valence-electron chi connectivity index (χ4n) is 2.58. The summed E-state index contributed by atoms with van der Waals surface area (Å²) in [6.45, 7) is 0.302. The SMILES string of the molecule is Nc1nnc(SCc2cc(F)cc3c2O[C@@H](c2ccccc2)OC3)s1. The molecule has 4 rings (SSSR count). The maximum Gasteiger partial charge on any atom is 0.227 e. The van der Waals surface area contributed by atoms with Crippen LogP contribution in [0.15, 0.2) is 46.8 Å². The van der Waals surface area contributed by atoms with E-state index in [0.717, 1.165) is 15.5 Å². The van der Waals surface area contributed by atoms with E-state index in [1.54, 1.807) is 0 Å². The fraction of sp³-hybridized carbons (Fsp3) is 0.176. The summed E-state index contributed by atoms with van der Waals surface area (Å²) in [6.07, 6.45) is -0.500. The Bertz CT molecular complexity index is 889. The molecule has 3 aromatic rings. The van der Waals surface area contributed by atoms with Crippen LogP contribution >= 0.6 is 23.1 Å². The van der Waals surface area contributed by atoms with Gasteiger partial charge in [-0.1, -0.05) is 53.4 Å². The maximum atomic E-state index is 13.9. The van der Waals surface area contributed by atoms with Gasteiger partial charge in [0.15, 0.2) is 4.34 Å². The van der Waals surface area contributed by atoms with Crippen molar-refractivity contribution in [2.24, 2.45) is 0 Å². The van der Waals surface area contributed by atoms with E-state index in [4.69, 9.17) is 15.2 Å². The van der Waals surface area contributed by atoms with Crippen molar-refractivity contribution in [3.63, 3.8) is 0 Å². The third-order valence-electron chi connectivity index (χ3n) is 3.67. The highest BCUT2D eigenvalue weighted by Gasteiger charge is 2.25. The first-order chi connectivity index (χ1) is 12.2. The summed E-state index contributed by atoms with van der Waals surface area (Å²) in [4.78, 5) is 0. The summed E-state index contributed by atoms with van der Waals surface area (Å²) in [5.74, 6) is 0.874. The van der Waals surface area contributed by atoms with E-state index in [1.807, 2.05) is 30.3 Å². The van der Waals surface area contributed by atoms with Gasteiger partial charge >= 0.3 is 0 Å². The highest BCUT2D eigenvalue weighted by atomic mass is 32.2. The van der Waals surface area contributed by atoms with Crippen molar-refractivity contribution in [1.82, 2.24) is 10.2 Å². The van der Waals surface area contributed by atoms with Crippen LogP contribution < -0.4 is 10.5 Å². The van der Waals surface area contributed by atoms with Gasteiger partial charge in [-0.15, -0.1) is 10.2 Å². The number of hydrogen-bond acceptors (Lipinski definition) is 7. The fourth-order valence-corrected chi connectivity index (χ4v) is 4.18. The largest absolute Gasteiger partial charge is 0.460 e. The van der Waals surface area contributed by atoms with Gasteiger partial charge in [0.2, 0.25) is 11.4 Å². The van der Waals surface area contributed by atoms with Crippen LogP contribution in [-0.4, -0.2) is 10.2 Å². The molecule has 0 saturated carbocycles. The van der Waals surface area contributed by atoms with Crippen molar-refractivity contribution >= 4 is 28.2 Å². The van der Waals surface area contributed by atoms with Gasteiger partial charge in [0.1, 0.15) is 11.6 Å². The second-order valence-electron chi connectivity index (χ2n) is 5.42. The Morgan fingerprint density at radius 3 is 2.84 bits per heavy atom. The van der Waals surface area contributed by atoms with Gasteiger partial charge in [0, 0.05) is 22.4 Å². The van der Waals surface area contributed by atoms with Crippen LogP contribution in [0, 0.1) is 5.82 Å². The highest BCUT2D eigenvalue weighted by Crippen LogP contribution is 2.39. The molecular weight excluding hydrogens is 361 g/mol. The van der Waals surface area contributed by atoms with Crippen molar-refractivity contribution in [2.75, 3.05) is 5.73 Å². The van der Waals surface area contributed by atoms with Crippen LogP contribution in [0.1, 0.15) is 23.0 Å². The van der Waals surface area contributed by atoms with Crippen LogP contribution in [0.2, 0.25) is 0 Å². The van der Waals surface area contributed by atoms with Crippen molar-refractivity contribution in [2.45, 2.75) is 23.0 Å². The van der Waals surface area contributed by atoms with Gasteiger partial charge in [0.25, 0.3) is 0 Å². The second kappa shape index (κ2) is 6.99. The molecule has 1 aliphatic rings. The molecule has 0 bridgehead atoms. The Labute approximate surface area is 152 Å². The van der Waals surface area contributed by atoms with Gasteiger partial charge in [0.05, 0.1) is 6.61 Å². The molecule has 0 fully saturated rings. The minimum Gasteiger partial charge on any atom is -0.460 e. The molecule has 5 nitrogen and oxygen atoms in total. The summed E-state index contributed by atoms with van der Waals surface area (Å²) in [5, 5.41) is 8.18. The number of nitrogens with two attached hydrogens (primary N) is 1. The lowest BCUT2D eigenvalue weighted by Gasteiger charge is -2.28. The Balaban J connectivity index is 1.59. The first-order valence-corrected chi connectivity index (χ1v) is 9.35. The molecule has 0 unspecified atom stereocenters. The van der Waals surface area contributed by atoms with E-state index >= 15 is 0 Å². The molecule has 2 N–H and O–H groups in total. The van der Waals surface area contributed by atoms with E-state index in [0.29, 0.717) is 28.8 Å². The van der Waals surface area contributed by atoms with Gasteiger partial charge in [-0.3, -0.25) is 0 Å². The molecule has 2 aromatic carbocycles. The topological polar surface area (TPSA) is 70.3 Å². The standard InChI is InChI=1S/C17H14FN3O2S2/c18-13-6-11-8-22-15(10-4-2-1-3-5-10)23-14(11)12(7-13)9-24-17-21-20-16(19)25-17/h1-7,15H,8-9H2,(H2,19,20)/t15-/m0/s1. The first kappa shape index (κ1) is 16.3. The number of aromatic nitrogens is 2. The number of rotatable bonds is 4. The van der Waals surface area contributed by atoms with E-state index < -0.39 is 6.29 Å². The quantitative estimate of drug-likeness (QED) is 0.691. The van der Waals surface area contributed by atoms with Gasteiger partial charge in [-0.05, 0) is 12.1 Å². The predicted molar refractivity (Wildman–Crippen MR) is 94.9 cm³/mol. The first-order valence-electron chi connectivity index (χ1n) is 7.55. The molecule has 0 radical (unpaired) electrons. The lowest BCUT2D eigenvalue weighted by molar-refractivity contribution is -0.112. The lowest BCUT2D eigenvalue weighted by atomic mass is 10.1. The molecule has 0 spiro atoms. The zero-order chi connectivity index (χ0) is 17.2. The monoisotopic (exact) mass is 375 g/mol. The van der Waals surface area contributed by atoms with E-state index in [1.165, 1.54) is 35.2 Å². The molecular formula is C17H14FN3O2S2. The van der Waals surface area contributed by atoms with E-state index in [2.05, 4.69) is 10.2 Å². The average molecular weight is 375 g/mol. The molecule has 1 aromatic heterocycles. The van der Waals surface area contributed by atoms with E-state index in [-0.39, 0.29) is 5.82 Å². The van der Waals surface area contributed by atoms with E-state index in [9.17, 15) is 4.39 Å². The maximum absolute atomic E-state index is 13.9. The summed E-state index contributed by atoms with van der Waals surface area (Å²) in [6, 6.07) is 12.6. The summed E-state index contributed by atoms with van der Waals surface area (Å²) >= 11 is 2.76. The minimum absolute atomic E-state index is 0.302. The number of ether oxygens (including phenoxy) is 2. The minimum atomic E-state index is -0.500. The molecule has 1 aliphatic heterocycles. The van der Waals surface area contributed by atoms with Crippen LogP contribution in [0.3, 0.4) is 0 Å². The molecule has 1 atom stereocenters. The normalized spacial score (nSPS) is 16.3. The predicted octanol–water partition coefficient (Wildman–Crippen LogP) is 4.16. The van der Waals surface area contributed by atoms with Gasteiger partial charge < -0.3 is 15.2 Å². The molecule has 0 aliphatic carbocycles. The van der Waals surface area contributed by atoms with Gasteiger partial charge in [-0.25, -0.2) is 4.39 Å². The van der Waals surface area contributed by atoms with Crippen molar-refractivity contribution in [3.05, 3.63) is 65.0 Å². The number of benzene rings is 2. The molecule has 0 saturated heterocycles. The Kier molecular flexibility index (Phi) is 4.56. The summed E-state index contributed by atoms with van der Waals surface area (Å²) in [5.41, 5.74) is 7.99. The van der Waals surface area contributed by atoms with Crippen LogP contribution in [-0.2, 0) is 17.1 Å². The second-order valence-corrected chi connectivity index (χ2v) is 7.65. The molecule has 128 valence electrons. The number of halogens is 1. The van der Waals surface area contributed by atoms with Crippen LogP contribution in [0.25, 0.3) is 0 Å².